The lowest BCUT2D eigenvalue weighted by Gasteiger charge is -2.16. The molecule has 3 rings (SSSR count). The standard InChI is InChI=1S/C17H23NO/c1-17(8-9-17)12-18-16(19)11-13-6-7-14-4-2-3-5-15(14)10-13/h6-7,10H,2-5,8-9,11-12H2,1H3,(H,18,19). The molecule has 0 spiro atoms. The van der Waals surface area contributed by atoms with E-state index in [0.717, 1.165) is 6.54 Å². The quantitative estimate of drug-likeness (QED) is 0.882. The Morgan fingerprint density at radius 1 is 1.21 bits per heavy atom. The molecule has 2 nitrogen and oxygen atoms in total. The largest absolute Gasteiger partial charge is 0.355 e. The van der Waals surface area contributed by atoms with Crippen LogP contribution in [0.5, 0.6) is 0 Å². The fourth-order valence-corrected chi connectivity index (χ4v) is 2.85. The van der Waals surface area contributed by atoms with Crippen molar-refractivity contribution in [2.24, 2.45) is 5.41 Å². The summed E-state index contributed by atoms with van der Waals surface area (Å²) >= 11 is 0. The van der Waals surface area contributed by atoms with Crippen LogP contribution in [-0.2, 0) is 24.1 Å². The van der Waals surface area contributed by atoms with Gasteiger partial charge in [-0.15, -0.1) is 0 Å². The first-order valence-electron chi connectivity index (χ1n) is 7.52. The first-order valence-corrected chi connectivity index (χ1v) is 7.52. The number of amides is 1. The molecule has 1 amide bonds. The number of carbonyl (C=O) groups is 1. The maximum Gasteiger partial charge on any atom is 0.224 e. The molecule has 0 heterocycles. The molecule has 0 unspecified atom stereocenters. The minimum Gasteiger partial charge on any atom is -0.355 e. The lowest BCUT2D eigenvalue weighted by molar-refractivity contribution is -0.120. The van der Waals surface area contributed by atoms with Crippen molar-refractivity contribution < 1.29 is 4.79 Å². The summed E-state index contributed by atoms with van der Waals surface area (Å²) in [5.74, 6) is 0.170. The van der Waals surface area contributed by atoms with E-state index in [-0.39, 0.29) is 5.91 Å². The fourth-order valence-electron chi connectivity index (χ4n) is 2.85. The zero-order chi connectivity index (χ0) is 13.3. The average Bonchev–Trinajstić information content (AvgIpc) is 3.15. The Morgan fingerprint density at radius 2 is 1.95 bits per heavy atom. The summed E-state index contributed by atoms with van der Waals surface area (Å²) in [6, 6.07) is 6.59. The van der Waals surface area contributed by atoms with E-state index in [0.29, 0.717) is 11.8 Å². The Hall–Kier alpha value is -1.31. The highest BCUT2D eigenvalue weighted by molar-refractivity contribution is 5.78. The molecule has 19 heavy (non-hydrogen) atoms. The first kappa shape index (κ1) is 12.7. The summed E-state index contributed by atoms with van der Waals surface area (Å²) in [5.41, 5.74) is 4.51. The number of nitrogens with one attached hydrogen (secondary N) is 1. The Labute approximate surface area is 115 Å². The maximum atomic E-state index is 11.9. The van der Waals surface area contributed by atoms with Crippen LogP contribution in [0.3, 0.4) is 0 Å². The van der Waals surface area contributed by atoms with Gasteiger partial charge in [-0.3, -0.25) is 4.79 Å². The van der Waals surface area contributed by atoms with Crippen LogP contribution in [0, 0.1) is 5.41 Å². The highest BCUT2D eigenvalue weighted by Gasteiger charge is 2.37. The van der Waals surface area contributed by atoms with Gasteiger partial charge in [0, 0.05) is 6.54 Å². The van der Waals surface area contributed by atoms with Gasteiger partial charge in [-0.25, -0.2) is 0 Å². The summed E-state index contributed by atoms with van der Waals surface area (Å²) in [7, 11) is 0. The zero-order valence-electron chi connectivity index (χ0n) is 11.8. The fraction of sp³-hybridized carbons (Fsp3) is 0.588. The summed E-state index contributed by atoms with van der Waals surface area (Å²) in [4.78, 5) is 11.9. The second-order valence-electron chi connectivity index (χ2n) is 6.57. The van der Waals surface area contributed by atoms with E-state index in [4.69, 9.17) is 0 Å². The van der Waals surface area contributed by atoms with Crippen LogP contribution in [0.1, 0.15) is 49.3 Å². The van der Waals surface area contributed by atoms with Gasteiger partial charge in [-0.2, -0.15) is 0 Å². The van der Waals surface area contributed by atoms with Gasteiger partial charge in [-0.1, -0.05) is 25.1 Å². The van der Waals surface area contributed by atoms with E-state index in [9.17, 15) is 4.79 Å². The second-order valence-corrected chi connectivity index (χ2v) is 6.57. The molecule has 1 N–H and O–H groups in total. The van der Waals surface area contributed by atoms with Crippen LogP contribution in [0.25, 0.3) is 0 Å². The minimum absolute atomic E-state index is 0.170. The van der Waals surface area contributed by atoms with E-state index in [1.165, 1.54) is 55.2 Å². The summed E-state index contributed by atoms with van der Waals surface area (Å²) in [6.45, 7) is 3.09. The molecule has 0 atom stereocenters. The van der Waals surface area contributed by atoms with Crippen molar-refractivity contribution in [2.75, 3.05) is 6.54 Å². The zero-order valence-corrected chi connectivity index (χ0v) is 11.8. The first-order chi connectivity index (χ1) is 9.15. The van der Waals surface area contributed by atoms with Gasteiger partial charge in [0.2, 0.25) is 5.91 Å². The van der Waals surface area contributed by atoms with E-state index in [1.54, 1.807) is 0 Å². The van der Waals surface area contributed by atoms with Crippen molar-refractivity contribution in [3.8, 4) is 0 Å². The van der Waals surface area contributed by atoms with Crippen LogP contribution >= 0.6 is 0 Å². The molecule has 0 aromatic heterocycles. The summed E-state index contributed by atoms with van der Waals surface area (Å²) < 4.78 is 0. The number of rotatable bonds is 4. The van der Waals surface area contributed by atoms with E-state index in [1.807, 2.05) is 0 Å². The van der Waals surface area contributed by atoms with Crippen molar-refractivity contribution in [3.63, 3.8) is 0 Å². The Balaban J connectivity index is 1.58. The highest BCUT2D eigenvalue weighted by Crippen LogP contribution is 2.44. The van der Waals surface area contributed by atoms with E-state index >= 15 is 0 Å². The van der Waals surface area contributed by atoms with Crippen molar-refractivity contribution in [2.45, 2.75) is 51.9 Å². The van der Waals surface area contributed by atoms with Gasteiger partial charge in [0.25, 0.3) is 0 Å². The molecule has 0 bridgehead atoms. The lowest BCUT2D eigenvalue weighted by atomic mass is 9.90. The predicted molar refractivity (Wildman–Crippen MR) is 77.1 cm³/mol. The van der Waals surface area contributed by atoms with Gasteiger partial charge in [-0.05, 0) is 60.6 Å². The predicted octanol–water partition coefficient (Wildman–Crippen LogP) is 3.02. The van der Waals surface area contributed by atoms with Crippen LogP contribution in [-0.4, -0.2) is 12.5 Å². The molecule has 0 saturated heterocycles. The van der Waals surface area contributed by atoms with E-state index < -0.39 is 0 Å². The molecule has 2 aliphatic rings. The molecule has 102 valence electrons. The number of hydrogen-bond donors (Lipinski definition) is 1. The van der Waals surface area contributed by atoms with Crippen molar-refractivity contribution in [1.29, 1.82) is 0 Å². The third kappa shape index (κ3) is 3.17. The van der Waals surface area contributed by atoms with Crippen molar-refractivity contribution in [1.82, 2.24) is 5.32 Å². The Morgan fingerprint density at radius 3 is 2.68 bits per heavy atom. The van der Waals surface area contributed by atoms with Gasteiger partial charge in [0.15, 0.2) is 0 Å². The topological polar surface area (TPSA) is 29.1 Å². The van der Waals surface area contributed by atoms with Gasteiger partial charge >= 0.3 is 0 Å². The summed E-state index contributed by atoms with van der Waals surface area (Å²) in [5, 5.41) is 3.07. The number of carbonyl (C=O) groups excluding carboxylic acids is 1. The molecule has 1 saturated carbocycles. The number of fused-ring (bicyclic) bond motifs is 1. The molecule has 2 aliphatic carbocycles. The SMILES string of the molecule is CC1(CNC(=O)Cc2ccc3c(c2)CCCC3)CC1. The minimum atomic E-state index is 0.170. The highest BCUT2D eigenvalue weighted by atomic mass is 16.1. The smallest absolute Gasteiger partial charge is 0.224 e. The Bertz CT molecular complexity index is 488. The normalized spacial score (nSPS) is 19.6. The van der Waals surface area contributed by atoms with Crippen molar-refractivity contribution >= 4 is 5.91 Å². The number of benzene rings is 1. The maximum absolute atomic E-state index is 11.9. The molecule has 1 fully saturated rings. The molecular formula is C17H23NO. The number of hydrogen-bond acceptors (Lipinski definition) is 1. The molecule has 1 aromatic rings. The van der Waals surface area contributed by atoms with Crippen LogP contribution in [0.2, 0.25) is 0 Å². The van der Waals surface area contributed by atoms with Crippen LogP contribution in [0.15, 0.2) is 18.2 Å². The van der Waals surface area contributed by atoms with E-state index in [2.05, 4.69) is 30.4 Å². The van der Waals surface area contributed by atoms with Crippen molar-refractivity contribution in [3.05, 3.63) is 34.9 Å². The van der Waals surface area contributed by atoms with Gasteiger partial charge in [0.1, 0.15) is 0 Å². The number of aryl methyl sites for hydroxylation is 2. The third-order valence-electron chi connectivity index (χ3n) is 4.59. The molecule has 2 heteroatoms. The third-order valence-corrected chi connectivity index (χ3v) is 4.59. The molecule has 1 aromatic carbocycles. The molecule has 0 radical (unpaired) electrons. The lowest BCUT2D eigenvalue weighted by Crippen LogP contribution is -2.30. The summed E-state index contributed by atoms with van der Waals surface area (Å²) in [6.07, 6.45) is 8.04. The Kier molecular flexibility index (Phi) is 3.34. The van der Waals surface area contributed by atoms with Crippen LogP contribution in [0.4, 0.5) is 0 Å². The van der Waals surface area contributed by atoms with Gasteiger partial charge in [0.05, 0.1) is 6.42 Å². The second kappa shape index (κ2) is 4.99. The molecule has 0 aliphatic heterocycles. The average molecular weight is 257 g/mol. The van der Waals surface area contributed by atoms with Gasteiger partial charge < -0.3 is 5.32 Å². The monoisotopic (exact) mass is 257 g/mol. The molecular weight excluding hydrogens is 234 g/mol. The van der Waals surface area contributed by atoms with Crippen LogP contribution < -0.4 is 5.32 Å².